The summed E-state index contributed by atoms with van der Waals surface area (Å²) in [7, 11) is 0. The van der Waals surface area contributed by atoms with Gasteiger partial charge in [-0.1, -0.05) is 39.9 Å². The van der Waals surface area contributed by atoms with Gasteiger partial charge in [0.2, 0.25) is 0 Å². The molecule has 0 heterocycles. The summed E-state index contributed by atoms with van der Waals surface area (Å²) in [5.41, 5.74) is 0. The van der Waals surface area contributed by atoms with Crippen molar-refractivity contribution in [2.24, 2.45) is 0 Å². The van der Waals surface area contributed by atoms with Crippen molar-refractivity contribution in [3.05, 3.63) is 0 Å². The molecule has 0 aliphatic rings. The van der Waals surface area contributed by atoms with Gasteiger partial charge in [-0.05, 0) is 24.3 Å². The van der Waals surface area contributed by atoms with Gasteiger partial charge in [0, 0.05) is 12.8 Å². The number of aliphatic carboxylic acids is 2. The van der Waals surface area contributed by atoms with Crippen LogP contribution in [-0.4, -0.2) is 37.2 Å². The van der Waals surface area contributed by atoms with Crippen molar-refractivity contribution in [2.45, 2.75) is 53.4 Å². The van der Waals surface area contributed by atoms with Crippen LogP contribution in [0.4, 0.5) is 0 Å². The molecule has 0 saturated carbocycles. The number of carbonyl (C=O) groups is 2. The molecule has 0 aliphatic heterocycles. The molecule has 0 rings (SSSR count). The molecule has 0 unspecified atom stereocenters. The van der Waals surface area contributed by atoms with Crippen LogP contribution >= 0.6 is 35.7 Å². The Hall–Kier alpha value is -0.270. The Labute approximate surface area is 136 Å². The highest BCUT2D eigenvalue weighted by Crippen LogP contribution is 2.18. The van der Waals surface area contributed by atoms with Crippen LogP contribution in [-0.2, 0) is 9.59 Å². The molecule has 20 heavy (non-hydrogen) atoms. The molecular formula is C13H26O4S3. The van der Waals surface area contributed by atoms with Crippen molar-refractivity contribution in [3.63, 3.8) is 0 Å². The highest BCUT2D eigenvalue weighted by Gasteiger charge is 1.95. The van der Waals surface area contributed by atoms with E-state index in [2.05, 4.69) is 13.8 Å². The first-order chi connectivity index (χ1) is 9.35. The fourth-order valence-corrected chi connectivity index (χ4v) is 2.49. The lowest BCUT2D eigenvalue weighted by Gasteiger charge is -1.98. The van der Waals surface area contributed by atoms with Crippen LogP contribution in [0.15, 0.2) is 0 Å². The van der Waals surface area contributed by atoms with Crippen LogP contribution in [0.2, 0.25) is 0 Å². The fraction of sp³-hybridized carbons (Fsp3) is 0.769. The molecule has 0 amide bonds. The Bertz CT molecular complexity index is 234. The molecule has 0 aliphatic carbocycles. The molecule has 2 N–H and O–H groups in total. The van der Waals surface area contributed by atoms with Gasteiger partial charge in [0.1, 0.15) is 3.53 Å². The minimum Gasteiger partial charge on any atom is -0.481 e. The first-order valence-electron chi connectivity index (χ1n) is 6.58. The highest BCUT2D eigenvalue weighted by atomic mass is 32.2. The largest absolute Gasteiger partial charge is 0.481 e. The van der Waals surface area contributed by atoms with Crippen molar-refractivity contribution in [1.29, 1.82) is 0 Å². The summed E-state index contributed by atoms with van der Waals surface area (Å²) in [6.07, 6.45) is 2.88. The predicted octanol–water partition coefficient (Wildman–Crippen LogP) is 4.52. The van der Waals surface area contributed by atoms with E-state index in [9.17, 15) is 9.59 Å². The number of hydrogen-bond acceptors (Lipinski definition) is 5. The molecular weight excluding hydrogens is 316 g/mol. The van der Waals surface area contributed by atoms with Crippen LogP contribution in [0.3, 0.4) is 0 Å². The summed E-state index contributed by atoms with van der Waals surface area (Å²) in [6.45, 7) is 7.56. The maximum absolute atomic E-state index is 9.37. The van der Waals surface area contributed by atoms with Crippen LogP contribution < -0.4 is 0 Å². The number of carboxylic acid groups (broad SMARTS) is 2. The zero-order valence-corrected chi connectivity index (χ0v) is 15.1. The molecule has 0 bridgehead atoms. The lowest BCUT2D eigenvalue weighted by Crippen LogP contribution is -1.86. The Balaban J connectivity index is -0.000000244. The van der Waals surface area contributed by atoms with E-state index in [1.165, 1.54) is 24.3 Å². The molecule has 0 radical (unpaired) electrons. The van der Waals surface area contributed by atoms with Gasteiger partial charge in [-0.25, -0.2) is 0 Å². The van der Waals surface area contributed by atoms with Crippen molar-refractivity contribution < 1.29 is 19.8 Å². The van der Waals surface area contributed by atoms with Gasteiger partial charge in [0.25, 0.3) is 0 Å². The monoisotopic (exact) mass is 342 g/mol. The lowest BCUT2D eigenvalue weighted by atomic mass is 10.5. The van der Waals surface area contributed by atoms with Crippen LogP contribution in [0.25, 0.3) is 0 Å². The number of carboxylic acids is 2. The van der Waals surface area contributed by atoms with Crippen molar-refractivity contribution >= 4 is 51.2 Å². The molecule has 0 fully saturated rings. The highest BCUT2D eigenvalue weighted by molar-refractivity contribution is 8.47. The average Bonchev–Trinajstić information content (AvgIpc) is 2.43. The summed E-state index contributed by atoms with van der Waals surface area (Å²) in [5.74, 6) is 0.862. The van der Waals surface area contributed by atoms with Crippen LogP contribution in [0.1, 0.15) is 53.4 Å². The lowest BCUT2D eigenvalue weighted by molar-refractivity contribution is -0.137. The molecule has 0 saturated heterocycles. The van der Waals surface area contributed by atoms with E-state index < -0.39 is 11.9 Å². The number of hydrogen-bond donors (Lipinski definition) is 2. The minimum absolute atomic E-state index is 0.222. The second kappa shape index (κ2) is 21.0. The SMILES string of the molecule is CCC(=O)O.CCC(=O)O.CCCSC(=S)SCCC. The zero-order chi connectivity index (χ0) is 16.4. The first-order valence-corrected chi connectivity index (χ1v) is 8.96. The van der Waals surface area contributed by atoms with E-state index in [1.54, 1.807) is 13.8 Å². The first kappa shape index (κ1) is 24.7. The Morgan fingerprint density at radius 3 is 1.25 bits per heavy atom. The van der Waals surface area contributed by atoms with Gasteiger partial charge in [0.15, 0.2) is 0 Å². The molecule has 0 atom stereocenters. The second-order valence-electron chi connectivity index (χ2n) is 3.44. The maximum Gasteiger partial charge on any atom is 0.303 e. The van der Waals surface area contributed by atoms with E-state index in [1.807, 2.05) is 23.5 Å². The van der Waals surface area contributed by atoms with Crippen LogP contribution in [0.5, 0.6) is 0 Å². The molecule has 0 aromatic heterocycles. The summed E-state index contributed by atoms with van der Waals surface area (Å²) >= 11 is 8.73. The summed E-state index contributed by atoms with van der Waals surface area (Å²) in [5, 5.41) is 15.4. The smallest absolute Gasteiger partial charge is 0.303 e. The van der Waals surface area contributed by atoms with E-state index >= 15 is 0 Å². The van der Waals surface area contributed by atoms with E-state index in [0.29, 0.717) is 0 Å². The Morgan fingerprint density at radius 1 is 0.850 bits per heavy atom. The maximum atomic E-state index is 9.37. The normalized spacial score (nSPS) is 8.60. The molecule has 7 heteroatoms. The number of thiocarbonyl (C=S) groups is 1. The standard InChI is InChI=1S/C7H14S3.2C3H6O2/c1-3-5-9-7(8)10-6-4-2;2*1-2-3(4)5/h3-6H2,1-2H3;2*2H2,1H3,(H,4,5). The predicted molar refractivity (Wildman–Crippen MR) is 93.9 cm³/mol. The molecule has 0 aromatic carbocycles. The van der Waals surface area contributed by atoms with E-state index in [0.717, 1.165) is 3.53 Å². The average molecular weight is 343 g/mol. The fourth-order valence-electron chi connectivity index (χ4n) is 0.412. The third-order valence-electron chi connectivity index (χ3n) is 1.45. The summed E-state index contributed by atoms with van der Waals surface area (Å²) in [6, 6.07) is 0. The van der Waals surface area contributed by atoms with Gasteiger partial charge in [-0.15, -0.1) is 23.5 Å². The third-order valence-corrected chi connectivity index (χ3v) is 4.56. The molecule has 120 valence electrons. The van der Waals surface area contributed by atoms with Gasteiger partial charge in [-0.2, -0.15) is 0 Å². The second-order valence-corrected chi connectivity index (χ2v) is 6.84. The molecule has 4 nitrogen and oxygen atoms in total. The summed E-state index contributed by atoms with van der Waals surface area (Å²) in [4.78, 5) is 18.7. The topological polar surface area (TPSA) is 74.6 Å². The number of thioether (sulfide) groups is 2. The van der Waals surface area contributed by atoms with Crippen molar-refractivity contribution in [1.82, 2.24) is 0 Å². The van der Waals surface area contributed by atoms with Gasteiger partial charge in [-0.3, -0.25) is 9.59 Å². The van der Waals surface area contributed by atoms with Crippen molar-refractivity contribution in [3.8, 4) is 0 Å². The van der Waals surface area contributed by atoms with Crippen LogP contribution in [0, 0.1) is 0 Å². The van der Waals surface area contributed by atoms with Gasteiger partial charge >= 0.3 is 11.9 Å². The summed E-state index contributed by atoms with van der Waals surface area (Å²) < 4.78 is 1.11. The molecule has 0 aromatic rings. The zero-order valence-electron chi connectivity index (χ0n) is 12.7. The third kappa shape index (κ3) is 36.1. The van der Waals surface area contributed by atoms with E-state index in [-0.39, 0.29) is 12.8 Å². The van der Waals surface area contributed by atoms with Crippen molar-refractivity contribution in [2.75, 3.05) is 11.5 Å². The Kier molecular flexibility index (Phi) is 26.0. The van der Waals surface area contributed by atoms with Gasteiger partial charge in [0.05, 0.1) is 0 Å². The minimum atomic E-state index is -0.745. The number of rotatable bonds is 6. The quantitative estimate of drug-likeness (QED) is 0.687. The molecule has 0 spiro atoms. The van der Waals surface area contributed by atoms with Gasteiger partial charge < -0.3 is 10.2 Å². The van der Waals surface area contributed by atoms with E-state index in [4.69, 9.17) is 22.4 Å². The Morgan fingerprint density at radius 2 is 1.10 bits per heavy atom.